The maximum Gasteiger partial charge on any atom is 0.316 e. The largest absolute Gasteiger partial charge is 0.377 e. The molecule has 1 amide bonds. The standard InChI is InChI=1S/C24H26N6O4/c1-15-13-33-10-8-29(15)22-19-6-7-20(17-4-3-5-18(12-17)23(31)28-32)25-21(19)26-24(27-22)30-9-11-34-14-16(30)2/h3-7,12,15-16H,8-11,13-14H2,1-2H3. The molecule has 2 unspecified atom stereocenters. The van der Waals surface area contributed by atoms with Crippen molar-refractivity contribution >= 4 is 28.7 Å². The second-order valence-corrected chi connectivity index (χ2v) is 8.63. The van der Waals surface area contributed by atoms with E-state index in [0.717, 1.165) is 17.7 Å². The van der Waals surface area contributed by atoms with E-state index in [4.69, 9.17) is 24.4 Å². The second-order valence-electron chi connectivity index (χ2n) is 8.63. The van der Waals surface area contributed by atoms with Crippen molar-refractivity contribution in [1.82, 2.24) is 15.0 Å². The molecule has 5 rings (SSSR count). The summed E-state index contributed by atoms with van der Waals surface area (Å²) in [6, 6.07) is 10.9. The van der Waals surface area contributed by atoms with Crippen LogP contribution in [-0.4, -0.2) is 72.5 Å². The number of carbonyl (C=O) groups excluding carboxylic acids is 1. The Hall–Kier alpha value is -3.50. The number of fused-ring (bicyclic) bond motifs is 1. The summed E-state index contributed by atoms with van der Waals surface area (Å²) in [6.07, 6.45) is 0. The molecule has 2 aromatic heterocycles. The van der Waals surface area contributed by atoms with Gasteiger partial charge in [0.15, 0.2) is 5.65 Å². The fourth-order valence-electron chi connectivity index (χ4n) is 4.42. The highest BCUT2D eigenvalue weighted by molar-refractivity contribution is 5.96. The highest BCUT2D eigenvalue weighted by atomic mass is 16.5. The highest BCUT2D eigenvalue weighted by Crippen LogP contribution is 2.31. The number of nitrogens with zero attached hydrogens (tertiary/aromatic N) is 6. The molecular formula is C24H26N6O4. The maximum atomic E-state index is 11.8. The van der Waals surface area contributed by atoms with Crippen LogP contribution in [0.15, 0.2) is 41.6 Å². The zero-order valence-electron chi connectivity index (χ0n) is 19.2. The van der Waals surface area contributed by atoms with Gasteiger partial charge in [0.1, 0.15) is 5.82 Å². The van der Waals surface area contributed by atoms with Crippen molar-refractivity contribution in [2.75, 3.05) is 49.3 Å². The lowest BCUT2D eigenvalue weighted by molar-refractivity contribution is 0.0973. The summed E-state index contributed by atoms with van der Waals surface area (Å²) >= 11 is 0. The molecule has 0 N–H and O–H groups in total. The molecule has 4 heterocycles. The summed E-state index contributed by atoms with van der Waals surface area (Å²) < 4.78 is 11.2. The highest BCUT2D eigenvalue weighted by Gasteiger charge is 2.27. The third-order valence-electron chi connectivity index (χ3n) is 6.28. The number of benzene rings is 1. The van der Waals surface area contributed by atoms with Crippen LogP contribution in [0.1, 0.15) is 24.2 Å². The molecule has 1 aromatic carbocycles. The number of rotatable bonds is 4. The van der Waals surface area contributed by atoms with Crippen LogP contribution in [0.4, 0.5) is 11.8 Å². The van der Waals surface area contributed by atoms with E-state index in [1.165, 1.54) is 0 Å². The number of carbonyl (C=O) groups is 1. The Labute approximate surface area is 196 Å². The molecule has 2 fully saturated rings. The van der Waals surface area contributed by atoms with Crippen LogP contribution in [0, 0.1) is 4.91 Å². The van der Waals surface area contributed by atoms with E-state index in [1.54, 1.807) is 18.2 Å². The van der Waals surface area contributed by atoms with Gasteiger partial charge in [0, 0.05) is 29.4 Å². The Kier molecular flexibility index (Phi) is 6.16. The number of hydrogen-bond acceptors (Lipinski definition) is 9. The molecule has 0 saturated carbocycles. The molecule has 0 spiro atoms. The van der Waals surface area contributed by atoms with Crippen molar-refractivity contribution in [2.45, 2.75) is 25.9 Å². The van der Waals surface area contributed by atoms with Gasteiger partial charge in [-0.25, -0.2) is 4.98 Å². The smallest absolute Gasteiger partial charge is 0.316 e. The molecule has 10 heteroatoms. The van der Waals surface area contributed by atoms with Gasteiger partial charge in [0.05, 0.1) is 49.6 Å². The van der Waals surface area contributed by atoms with E-state index in [1.807, 2.05) is 18.2 Å². The Bertz CT molecular complexity index is 1240. The van der Waals surface area contributed by atoms with Crippen molar-refractivity contribution in [3.8, 4) is 11.3 Å². The monoisotopic (exact) mass is 462 g/mol. The van der Waals surface area contributed by atoms with Gasteiger partial charge >= 0.3 is 5.91 Å². The lowest BCUT2D eigenvalue weighted by atomic mass is 10.1. The average molecular weight is 463 g/mol. The lowest BCUT2D eigenvalue weighted by Crippen LogP contribution is -2.46. The van der Waals surface area contributed by atoms with E-state index in [0.29, 0.717) is 55.8 Å². The van der Waals surface area contributed by atoms with Gasteiger partial charge in [-0.15, -0.1) is 4.91 Å². The summed E-state index contributed by atoms with van der Waals surface area (Å²) in [5.74, 6) is 0.649. The Balaban J connectivity index is 1.64. The minimum absolute atomic E-state index is 0.142. The lowest BCUT2D eigenvalue weighted by Gasteiger charge is -2.37. The second kappa shape index (κ2) is 9.40. The molecule has 0 aliphatic carbocycles. The number of aromatic nitrogens is 3. The number of pyridine rings is 1. The predicted molar refractivity (Wildman–Crippen MR) is 128 cm³/mol. The van der Waals surface area contributed by atoms with E-state index in [9.17, 15) is 9.70 Å². The minimum atomic E-state index is -0.808. The number of morpholine rings is 2. The first kappa shape index (κ1) is 22.3. The first-order valence-electron chi connectivity index (χ1n) is 11.4. The van der Waals surface area contributed by atoms with Crippen LogP contribution in [-0.2, 0) is 9.47 Å². The summed E-state index contributed by atoms with van der Waals surface area (Å²) in [7, 11) is 0. The van der Waals surface area contributed by atoms with Crippen molar-refractivity contribution in [3.63, 3.8) is 0 Å². The molecular weight excluding hydrogens is 436 g/mol. The van der Waals surface area contributed by atoms with Gasteiger partial charge in [0.25, 0.3) is 0 Å². The van der Waals surface area contributed by atoms with Crippen LogP contribution >= 0.6 is 0 Å². The average Bonchev–Trinajstić information content (AvgIpc) is 2.88. The van der Waals surface area contributed by atoms with E-state index < -0.39 is 5.91 Å². The van der Waals surface area contributed by atoms with Gasteiger partial charge in [-0.1, -0.05) is 12.1 Å². The summed E-state index contributed by atoms with van der Waals surface area (Å²) in [4.78, 5) is 41.5. The Morgan fingerprint density at radius 1 is 0.971 bits per heavy atom. The van der Waals surface area contributed by atoms with Gasteiger partial charge in [-0.2, -0.15) is 9.97 Å². The summed E-state index contributed by atoms with van der Waals surface area (Å²) in [5, 5.41) is 3.37. The van der Waals surface area contributed by atoms with Gasteiger partial charge in [-0.3, -0.25) is 4.79 Å². The number of anilines is 2. The molecule has 2 saturated heterocycles. The fourth-order valence-corrected chi connectivity index (χ4v) is 4.42. The molecule has 2 aliphatic heterocycles. The van der Waals surface area contributed by atoms with Crippen LogP contribution in [0.25, 0.3) is 22.3 Å². The molecule has 0 bridgehead atoms. The maximum absolute atomic E-state index is 11.8. The van der Waals surface area contributed by atoms with E-state index >= 15 is 0 Å². The first-order valence-corrected chi connectivity index (χ1v) is 11.4. The van der Waals surface area contributed by atoms with Gasteiger partial charge < -0.3 is 19.3 Å². The van der Waals surface area contributed by atoms with Gasteiger partial charge in [-0.05, 0) is 38.1 Å². The molecule has 176 valence electrons. The van der Waals surface area contributed by atoms with Gasteiger partial charge in [0.2, 0.25) is 5.95 Å². The first-order chi connectivity index (χ1) is 16.5. The van der Waals surface area contributed by atoms with Crippen LogP contribution in [0.2, 0.25) is 0 Å². The molecule has 34 heavy (non-hydrogen) atoms. The van der Waals surface area contributed by atoms with E-state index in [2.05, 4.69) is 28.8 Å². The Morgan fingerprint density at radius 2 is 1.71 bits per heavy atom. The fraction of sp³-hybridized carbons (Fsp3) is 0.417. The van der Waals surface area contributed by atoms with Crippen molar-refractivity contribution < 1.29 is 14.3 Å². The number of nitroso groups, excluding NO2 is 1. The van der Waals surface area contributed by atoms with Crippen LogP contribution in [0.5, 0.6) is 0 Å². The summed E-state index contributed by atoms with van der Waals surface area (Å²) in [5.41, 5.74) is 2.15. The molecule has 3 aromatic rings. The van der Waals surface area contributed by atoms with Crippen molar-refractivity contribution in [2.24, 2.45) is 5.18 Å². The van der Waals surface area contributed by atoms with E-state index in [-0.39, 0.29) is 17.6 Å². The molecule has 2 atom stereocenters. The third-order valence-corrected chi connectivity index (χ3v) is 6.28. The van der Waals surface area contributed by atoms with Crippen LogP contribution < -0.4 is 9.80 Å². The minimum Gasteiger partial charge on any atom is -0.377 e. The quantitative estimate of drug-likeness (QED) is 0.540. The predicted octanol–water partition coefficient (Wildman–Crippen LogP) is 3.05. The zero-order valence-corrected chi connectivity index (χ0v) is 19.2. The normalized spacial score (nSPS) is 21.0. The Morgan fingerprint density at radius 3 is 2.41 bits per heavy atom. The zero-order chi connectivity index (χ0) is 23.7. The summed E-state index contributed by atoms with van der Waals surface area (Å²) in [6.45, 7) is 8.15. The number of ether oxygens (including phenoxy) is 2. The molecule has 0 radical (unpaired) electrons. The van der Waals surface area contributed by atoms with Crippen molar-refractivity contribution in [1.29, 1.82) is 0 Å². The van der Waals surface area contributed by atoms with Crippen LogP contribution in [0.3, 0.4) is 0 Å². The third kappa shape index (κ3) is 4.22. The SMILES string of the molecule is CC1COCCN1c1nc(N2CCOCC2C)c2ccc(-c3cccc(C(=O)N=O)c3)nc2n1. The topological polar surface area (TPSA) is 110 Å². The number of amides is 1. The number of hydrogen-bond donors (Lipinski definition) is 0. The van der Waals surface area contributed by atoms with Crippen molar-refractivity contribution in [3.05, 3.63) is 46.9 Å². The molecule has 2 aliphatic rings. The molecule has 10 nitrogen and oxygen atoms in total.